The third-order valence-electron chi connectivity index (χ3n) is 2.21. The van der Waals surface area contributed by atoms with Crippen molar-refractivity contribution in [2.75, 3.05) is 18.2 Å². The summed E-state index contributed by atoms with van der Waals surface area (Å²) in [6.45, 7) is 5.97. The first-order valence-corrected chi connectivity index (χ1v) is 7.30. The van der Waals surface area contributed by atoms with Gasteiger partial charge >= 0.3 is 5.97 Å². The highest BCUT2D eigenvalue weighted by Gasteiger charge is 2.13. The van der Waals surface area contributed by atoms with Gasteiger partial charge in [-0.25, -0.2) is 14.8 Å². The maximum atomic E-state index is 11.6. The summed E-state index contributed by atoms with van der Waals surface area (Å²) in [6.07, 6.45) is 1.52. The largest absolute Gasteiger partial charge is 0.462 e. The molecule has 0 saturated carbocycles. The van der Waals surface area contributed by atoms with E-state index in [0.717, 1.165) is 5.75 Å². The highest BCUT2D eigenvalue weighted by atomic mass is 35.5. The molecule has 1 aromatic rings. The van der Waals surface area contributed by atoms with Gasteiger partial charge < -0.3 is 4.74 Å². The highest BCUT2D eigenvalue weighted by Crippen LogP contribution is 2.18. The number of carbonyl (C=O) groups excluding carboxylic acids is 1. The number of thioether (sulfide) groups is 1. The summed E-state index contributed by atoms with van der Waals surface area (Å²) in [4.78, 5) is 20.0. The van der Waals surface area contributed by atoms with Crippen molar-refractivity contribution < 1.29 is 9.53 Å². The molecule has 1 aromatic heterocycles. The van der Waals surface area contributed by atoms with Crippen LogP contribution in [0.4, 0.5) is 0 Å². The molecule has 0 bridgehead atoms. The molecule has 0 radical (unpaired) electrons. The molecular weight excluding hydrogens is 272 g/mol. The van der Waals surface area contributed by atoms with E-state index in [9.17, 15) is 4.79 Å². The summed E-state index contributed by atoms with van der Waals surface area (Å²) in [5.74, 6) is 1.51. The van der Waals surface area contributed by atoms with Crippen molar-refractivity contribution in [2.45, 2.75) is 25.9 Å². The Balaban J connectivity index is 2.70. The molecule has 0 N–H and O–H groups in total. The van der Waals surface area contributed by atoms with Crippen LogP contribution in [0.3, 0.4) is 0 Å². The molecule has 0 spiro atoms. The van der Waals surface area contributed by atoms with Crippen molar-refractivity contribution in [3.8, 4) is 0 Å². The summed E-state index contributed by atoms with van der Waals surface area (Å²) in [6, 6.07) is 0. The van der Waals surface area contributed by atoms with E-state index in [1.165, 1.54) is 6.20 Å². The number of ether oxygens (including phenoxy) is 1. The van der Waals surface area contributed by atoms with E-state index in [0.29, 0.717) is 34.8 Å². The molecule has 0 fully saturated rings. The minimum Gasteiger partial charge on any atom is -0.462 e. The molecule has 0 aliphatic carbocycles. The number of hydrogen-bond donors (Lipinski definition) is 0. The third-order valence-corrected chi connectivity index (χ3v) is 3.93. The fourth-order valence-electron chi connectivity index (χ4n) is 1.19. The van der Waals surface area contributed by atoms with Crippen LogP contribution in [0.5, 0.6) is 0 Å². The summed E-state index contributed by atoms with van der Waals surface area (Å²) < 4.78 is 4.92. The molecule has 1 rings (SSSR count). The van der Waals surface area contributed by atoms with E-state index in [1.807, 2.05) is 0 Å². The standard InChI is InChI=1S/C12H17ClN2O2S/c1-4-17-11(16)10-6-14-12(15-9(10)3)18-7-8(2)5-13/h6,8H,4-5,7H2,1-3H3. The minimum atomic E-state index is -0.374. The Labute approximate surface area is 116 Å². The number of carbonyl (C=O) groups is 1. The van der Waals surface area contributed by atoms with Gasteiger partial charge in [-0.1, -0.05) is 18.7 Å². The molecule has 1 atom stereocenters. The molecule has 4 nitrogen and oxygen atoms in total. The van der Waals surface area contributed by atoms with Crippen LogP contribution in [0.25, 0.3) is 0 Å². The van der Waals surface area contributed by atoms with Crippen LogP contribution in [0.2, 0.25) is 0 Å². The smallest absolute Gasteiger partial charge is 0.341 e. The van der Waals surface area contributed by atoms with Gasteiger partial charge in [-0.15, -0.1) is 11.6 Å². The summed E-state index contributed by atoms with van der Waals surface area (Å²) in [5.41, 5.74) is 1.07. The number of esters is 1. The molecule has 0 aromatic carbocycles. The number of nitrogens with zero attached hydrogens (tertiary/aromatic N) is 2. The molecule has 0 aliphatic rings. The van der Waals surface area contributed by atoms with Gasteiger partial charge in [0.15, 0.2) is 5.16 Å². The predicted molar refractivity (Wildman–Crippen MR) is 73.3 cm³/mol. The fourth-order valence-corrected chi connectivity index (χ4v) is 2.30. The second kappa shape index (κ2) is 7.59. The molecule has 1 heterocycles. The molecule has 0 amide bonds. The second-order valence-electron chi connectivity index (χ2n) is 3.94. The lowest BCUT2D eigenvalue weighted by molar-refractivity contribution is 0.0524. The Morgan fingerprint density at radius 2 is 2.33 bits per heavy atom. The zero-order valence-corrected chi connectivity index (χ0v) is 12.3. The number of hydrogen-bond acceptors (Lipinski definition) is 5. The van der Waals surface area contributed by atoms with Crippen LogP contribution in [0, 0.1) is 12.8 Å². The number of alkyl halides is 1. The first-order valence-electron chi connectivity index (χ1n) is 5.78. The number of rotatable bonds is 6. The maximum Gasteiger partial charge on any atom is 0.341 e. The number of aryl methyl sites for hydroxylation is 1. The lowest BCUT2D eigenvalue weighted by atomic mass is 10.2. The van der Waals surface area contributed by atoms with E-state index in [2.05, 4.69) is 16.9 Å². The Hall–Kier alpha value is -0.810. The van der Waals surface area contributed by atoms with E-state index < -0.39 is 0 Å². The Morgan fingerprint density at radius 3 is 2.89 bits per heavy atom. The van der Waals surface area contributed by atoms with Crippen LogP contribution in [0.1, 0.15) is 29.9 Å². The third kappa shape index (κ3) is 4.46. The molecule has 18 heavy (non-hydrogen) atoms. The van der Waals surface area contributed by atoms with Crippen molar-refractivity contribution in [3.05, 3.63) is 17.5 Å². The van der Waals surface area contributed by atoms with Crippen molar-refractivity contribution in [3.63, 3.8) is 0 Å². The minimum absolute atomic E-state index is 0.349. The second-order valence-corrected chi connectivity index (χ2v) is 5.24. The van der Waals surface area contributed by atoms with Crippen molar-refractivity contribution in [2.24, 2.45) is 5.92 Å². The van der Waals surface area contributed by atoms with Crippen LogP contribution in [-0.4, -0.2) is 34.2 Å². The maximum absolute atomic E-state index is 11.6. The zero-order chi connectivity index (χ0) is 13.5. The molecule has 100 valence electrons. The highest BCUT2D eigenvalue weighted by molar-refractivity contribution is 7.99. The van der Waals surface area contributed by atoms with Crippen molar-refractivity contribution in [1.29, 1.82) is 0 Å². The Kier molecular flexibility index (Phi) is 6.43. The normalized spacial score (nSPS) is 12.2. The van der Waals surface area contributed by atoms with Gasteiger partial charge in [-0.3, -0.25) is 0 Å². The molecular formula is C12H17ClN2O2S. The van der Waals surface area contributed by atoms with Gasteiger partial charge in [0.25, 0.3) is 0 Å². The average Bonchev–Trinajstić information content (AvgIpc) is 2.36. The molecule has 0 aliphatic heterocycles. The molecule has 1 unspecified atom stereocenters. The SMILES string of the molecule is CCOC(=O)c1cnc(SCC(C)CCl)nc1C. The van der Waals surface area contributed by atoms with Crippen LogP contribution < -0.4 is 0 Å². The first kappa shape index (κ1) is 15.2. The Morgan fingerprint density at radius 1 is 1.61 bits per heavy atom. The number of aromatic nitrogens is 2. The molecule has 6 heteroatoms. The van der Waals surface area contributed by atoms with E-state index in [-0.39, 0.29) is 5.97 Å². The van der Waals surface area contributed by atoms with Crippen molar-refractivity contribution in [1.82, 2.24) is 9.97 Å². The Bertz CT molecular complexity index is 415. The van der Waals surface area contributed by atoms with Gasteiger partial charge in [-0.2, -0.15) is 0 Å². The summed E-state index contributed by atoms with van der Waals surface area (Å²) in [5, 5.41) is 0.664. The first-order chi connectivity index (χ1) is 8.58. The summed E-state index contributed by atoms with van der Waals surface area (Å²) >= 11 is 7.28. The quantitative estimate of drug-likeness (QED) is 0.349. The summed E-state index contributed by atoms with van der Waals surface area (Å²) in [7, 11) is 0. The van der Waals surface area contributed by atoms with Crippen LogP contribution in [0.15, 0.2) is 11.4 Å². The van der Waals surface area contributed by atoms with Gasteiger partial charge in [0, 0.05) is 17.8 Å². The van der Waals surface area contributed by atoms with E-state index in [4.69, 9.17) is 16.3 Å². The van der Waals surface area contributed by atoms with Crippen LogP contribution >= 0.6 is 23.4 Å². The lowest BCUT2D eigenvalue weighted by Crippen LogP contribution is -2.09. The fraction of sp³-hybridized carbons (Fsp3) is 0.583. The average molecular weight is 289 g/mol. The predicted octanol–water partition coefficient (Wildman–Crippen LogP) is 2.93. The lowest BCUT2D eigenvalue weighted by Gasteiger charge is -2.08. The van der Waals surface area contributed by atoms with E-state index >= 15 is 0 Å². The van der Waals surface area contributed by atoms with E-state index in [1.54, 1.807) is 25.6 Å². The van der Waals surface area contributed by atoms with Crippen LogP contribution in [-0.2, 0) is 4.74 Å². The van der Waals surface area contributed by atoms with Gasteiger partial charge in [-0.05, 0) is 19.8 Å². The van der Waals surface area contributed by atoms with Gasteiger partial charge in [0.1, 0.15) is 0 Å². The number of halogens is 1. The van der Waals surface area contributed by atoms with Gasteiger partial charge in [0.2, 0.25) is 0 Å². The topological polar surface area (TPSA) is 52.1 Å². The van der Waals surface area contributed by atoms with Gasteiger partial charge in [0.05, 0.1) is 17.9 Å². The van der Waals surface area contributed by atoms with Crippen molar-refractivity contribution >= 4 is 29.3 Å². The monoisotopic (exact) mass is 288 g/mol. The molecule has 0 saturated heterocycles. The zero-order valence-electron chi connectivity index (χ0n) is 10.8.